The first kappa shape index (κ1) is 51.3. The molecule has 18 heteroatoms. The van der Waals surface area contributed by atoms with Gasteiger partial charge in [0.15, 0.2) is 0 Å². The first-order valence-electron chi connectivity index (χ1n) is 20.0. The van der Waals surface area contributed by atoms with E-state index < -0.39 is 34.3 Å². The highest BCUT2D eigenvalue weighted by Crippen LogP contribution is 2.55. The number of hydrogen-bond donors (Lipinski definition) is 5. The first-order valence-corrected chi connectivity index (χ1v) is 21.1. The lowest BCUT2D eigenvalue weighted by atomic mass is 9.61. The number of H-pyrrole nitrogens is 2. The Kier molecular flexibility index (Phi) is 16.0. The second-order valence-electron chi connectivity index (χ2n) is 15.7. The molecule has 7 N–H and O–H groups in total. The van der Waals surface area contributed by atoms with Crippen molar-refractivity contribution in [1.29, 1.82) is 10.5 Å². The van der Waals surface area contributed by atoms with Gasteiger partial charge in [-0.05, 0) is 86.1 Å². The molecule has 2 aromatic carbocycles. The number of hydrogen-bond acceptors (Lipinski definition) is 9. The molecule has 0 bridgehead atoms. The summed E-state index contributed by atoms with van der Waals surface area (Å²) < 4.78 is 94.1. The Bertz CT molecular complexity index is 2510. The van der Waals surface area contributed by atoms with E-state index in [0.29, 0.717) is 41.8 Å². The minimum absolute atomic E-state index is 0. The van der Waals surface area contributed by atoms with Gasteiger partial charge < -0.3 is 26.0 Å². The van der Waals surface area contributed by atoms with Crippen molar-refractivity contribution in [2.45, 2.75) is 97.8 Å². The summed E-state index contributed by atoms with van der Waals surface area (Å²) >= 11 is 3.31. The molecule has 0 amide bonds. The summed E-state index contributed by atoms with van der Waals surface area (Å²) in [6, 6.07) is 11.4. The number of nitrogens with one attached hydrogen (secondary N) is 2. The monoisotopic (exact) mass is 966 g/mol. The molecule has 6 rings (SSSR count). The van der Waals surface area contributed by atoms with Gasteiger partial charge in [0.2, 0.25) is 23.5 Å². The molecule has 0 saturated heterocycles. The largest absolute Gasteiger partial charge is 0.420 e. The summed E-state index contributed by atoms with van der Waals surface area (Å²) in [5, 5.41) is 43.5. The number of halogens is 7. The molecule has 2 aliphatic rings. The minimum atomic E-state index is -4.63. The molecular weight excluding hydrogens is 918 g/mol. The van der Waals surface area contributed by atoms with E-state index in [-0.39, 0.29) is 82.8 Å². The molecule has 0 spiro atoms. The normalized spacial score (nSPS) is 17.7. The van der Waals surface area contributed by atoms with Crippen molar-refractivity contribution in [2.75, 3.05) is 11.9 Å². The summed E-state index contributed by atoms with van der Waals surface area (Å²) in [7, 11) is 0. The van der Waals surface area contributed by atoms with E-state index >= 15 is 0 Å². The number of aromatic amines is 2. The molecule has 2 aromatic heterocycles. The van der Waals surface area contributed by atoms with Crippen molar-refractivity contribution in [3.63, 3.8) is 0 Å². The summed E-state index contributed by atoms with van der Waals surface area (Å²) in [6.07, 6.45) is -7.14. The molecule has 2 unspecified atom stereocenters. The Morgan fingerprint density at radius 3 is 1.42 bits per heavy atom. The second kappa shape index (κ2) is 20.2. The zero-order valence-electron chi connectivity index (χ0n) is 35.7. The van der Waals surface area contributed by atoms with Gasteiger partial charge in [0.05, 0.1) is 33.1 Å². The third-order valence-electron chi connectivity index (χ3n) is 11.1. The molecule has 2 atom stereocenters. The molecule has 4 aromatic rings. The molecule has 0 saturated carbocycles. The van der Waals surface area contributed by atoms with Gasteiger partial charge in [0.1, 0.15) is 23.3 Å². The first-order chi connectivity index (χ1) is 30.1. The molecular formula is C47H49BrF6N8O3. The maximum atomic E-state index is 13.9. The highest BCUT2D eigenvalue weighted by molar-refractivity contribution is 9.09. The highest BCUT2D eigenvalue weighted by atomic mass is 79.9. The maximum Gasteiger partial charge on any atom is 0.416 e. The predicted octanol–water partition coefficient (Wildman–Crippen LogP) is 9.82. The van der Waals surface area contributed by atoms with Crippen molar-refractivity contribution in [3.05, 3.63) is 115 Å². The lowest BCUT2D eigenvalue weighted by Crippen LogP contribution is -2.41. The number of ether oxygens (including phenoxy) is 2. The molecule has 0 aliphatic carbocycles. The van der Waals surface area contributed by atoms with Crippen LogP contribution < -0.4 is 20.9 Å². The standard InChI is InChI=1S/C23H22BrF3N4O.C23H23F3N4O2.CH4/c1-13(2)22(18(12-28)20(29)32-21-19(22)14(3)30-31-21)16-9-15(7-5-4-6-8-24)10-17(11-16)23(25,26)27;1-13(2)22(18(12-27)20(28)32-21-19(22)14(3)29-30-21)16-9-15(7-5-4-6-8-31)10-17(11-16)23(24,25)26;/h9-11,13H,4,6,8,29H2,1-3H3,(H,30,31);9-11,13,31H,4,6,8,28H2,1-3H3,(H,29,30);1H4. The summed E-state index contributed by atoms with van der Waals surface area (Å²) in [6.45, 7) is 10.7. The number of nitrogens with two attached hydrogens (primary N) is 2. The number of fused-ring (bicyclic) bond motifs is 2. The molecule has 2 aliphatic heterocycles. The lowest BCUT2D eigenvalue weighted by Gasteiger charge is -2.41. The summed E-state index contributed by atoms with van der Waals surface area (Å²) in [5.74, 6) is 10.5. The third kappa shape index (κ3) is 9.71. The zero-order chi connectivity index (χ0) is 47.4. The number of allylic oxidation sites excluding steroid dienone is 2. The fourth-order valence-corrected chi connectivity index (χ4v) is 8.64. The molecule has 4 heterocycles. The Labute approximate surface area is 382 Å². The summed E-state index contributed by atoms with van der Waals surface area (Å²) in [5.41, 5.74) is 10.8. The topological polar surface area (TPSA) is 196 Å². The molecule has 344 valence electrons. The smallest absolute Gasteiger partial charge is 0.416 e. The second-order valence-corrected chi connectivity index (χ2v) is 16.5. The van der Waals surface area contributed by atoms with Crippen LogP contribution in [0.4, 0.5) is 26.3 Å². The number of aliphatic hydroxyl groups is 1. The average molecular weight is 968 g/mol. The van der Waals surface area contributed by atoms with E-state index in [1.807, 2.05) is 13.8 Å². The third-order valence-corrected chi connectivity index (χ3v) is 11.6. The van der Waals surface area contributed by atoms with Gasteiger partial charge in [0.25, 0.3) is 0 Å². The van der Waals surface area contributed by atoms with Crippen molar-refractivity contribution < 1.29 is 40.9 Å². The van der Waals surface area contributed by atoms with Crippen molar-refractivity contribution in [1.82, 2.24) is 20.4 Å². The fourth-order valence-electron chi connectivity index (χ4n) is 8.36. The van der Waals surface area contributed by atoms with Gasteiger partial charge in [0, 0.05) is 47.3 Å². The Morgan fingerprint density at radius 1 is 0.708 bits per heavy atom. The van der Waals surface area contributed by atoms with Gasteiger partial charge in [-0.3, -0.25) is 10.2 Å². The molecule has 65 heavy (non-hydrogen) atoms. The summed E-state index contributed by atoms with van der Waals surface area (Å²) in [4.78, 5) is 0. The minimum Gasteiger partial charge on any atom is -0.420 e. The van der Waals surface area contributed by atoms with E-state index in [9.17, 15) is 36.9 Å². The lowest BCUT2D eigenvalue weighted by molar-refractivity contribution is -0.138. The number of aliphatic hydroxyl groups excluding tert-OH is 1. The molecule has 0 radical (unpaired) electrons. The number of aryl methyl sites for hydroxylation is 2. The van der Waals surface area contributed by atoms with E-state index in [0.717, 1.165) is 36.0 Å². The number of alkyl halides is 7. The zero-order valence-corrected chi connectivity index (χ0v) is 37.3. The van der Waals surface area contributed by atoms with Crippen LogP contribution in [-0.2, 0) is 23.2 Å². The van der Waals surface area contributed by atoms with Gasteiger partial charge in [-0.15, -0.1) is 10.2 Å². The van der Waals surface area contributed by atoms with Crippen LogP contribution in [0.3, 0.4) is 0 Å². The van der Waals surface area contributed by atoms with Gasteiger partial charge in [-0.2, -0.15) is 36.9 Å². The quantitative estimate of drug-likeness (QED) is 0.0494. The fraction of sp³-hybridized carbons (Fsp3) is 0.404. The van der Waals surface area contributed by atoms with Crippen molar-refractivity contribution >= 4 is 15.9 Å². The highest BCUT2D eigenvalue weighted by Gasteiger charge is 2.53. The maximum absolute atomic E-state index is 13.9. The van der Waals surface area contributed by atoms with Crippen LogP contribution in [0.2, 0.25) is 0 Å². The van der Waals surface area contributed by atoms with Gasteiger partial charge in [-0.25, -0.2) is 0 Å². The SMILES string of the molecule is C.Cc1[nH]nc2c1C(c1cc(C#CCCCBr)cc(C(F)(F)F)c1)(C(C)C)C(C#N)=C(N)O2.Cc1[nH]nc2c1C(c1cc(C#CCCCO)cc(C(F)(F)F)c1)(C(C)C)C(C#N)=C(N)O2. The van der Waals surface area contributed by atoms with Gasteiger partial charge in [-0.1, -0.05) is 74.7 Å². The number of rotatable bonds is 8. The van der Waals surface area contributed by atoms with Crippen LogP contribution >= 0.6 is 15.9 Å². The number of benzene rings is 2. The Balaban J connectivity index is 0.000000280. The number of unbranched alkanes of at least 4 members (excludes halogenated alkanes) is 2. The van der Waals surface area contributed by atoms with E-state index in [4.69, 9.17) is 26.0 Å². The number of nitriles is 2. The van der Waals surface area contributed by atoms with E-state index in [1.165, 1.54) is 0 Å². The van der Waals surface area contributed by atoms with Crippen LogP contribution in [-0.4, -0.2) is 37.4 Å². The van der Waals surface area contributed by atoms with Gasteiger partial charge >= 0.3 is 12.4 Å². The van der Waals surface area contributed by atoms with Crippen LogP contribution in [0, 0.1) is 72.0 Å². The van der Waals surface area contributed by atoms with E-state index in [2.05, 4.69) is 72.1 Å². The number of nitrogens with zero attached hydrogens (tertiary/aromatic N) is 4. The van der Waals surface area contributed by atoms with E-state index in [1.54, 1.807) is 39.8 Å². The number of aromatic nitrogens is 4. The Morgan fingerprint density at radius 2 is 1.09 bits per heavy atom. The Hall–Kier alpha value is -6.34. The van der Waals surface area contributed by atoms with Crippen molar-refractivity contribution in [3.8, 4) is 47.6 Å². The molecule has 11 nitrogen and oxygen atoms in total. The predicted molar refractivity (Wildman–Crippen MR) is 236 cm³/mol. The van der Waals surface area contributed by atoms with Crippen LogP contribution in [0.25, 0.3) is 0 Å². The van der Waals surface area contributed by atoms with Crippen LogP contribution in [0.15, 0.2) is 59.3 Å². The van der Waals surface area contributed by atoms with Crippen LogP contribution in [0.1, 0.15) is 117 Å². The van der Waals surface area contributed by atoms with Crippen LogP contribution in [0.5, 0.6) is 11.8 Å². The molecule has 0 fully saturated rings. The average Bonchev–Trinajstić information content (AvgIpc) is 3.79. The van der Waals surface area contributed by atoms with Crippen molar-refractivity contribution in [2.24, 2.45) is 23.3 Å².